The molecule has 1 amide bonds. The molecule has 1 aromatic heterocycles. The lowest BCUT2D eigenvalue weighted by atomic mass is 10.0. The number of amides is 1. The Morgan fingerprint density at radius 1 is 1.06 bits per heavy atom. The molecule has 8 heteroatoms. The minimum Gasteiger partial charge on any atom is -0.497 e. The predicted molar refractivity (Wildman–Crippen MR) is 124 cm³/mol. The van der Waals surface area contributed by atoms with Crippen LogP contribution in [-0.4, -0.2) is 51.0 Å². The van der Waals surface area contributed by atoms with Gasteiger partial charge >= 0.3 is 0 Å². The highest BCUT2D eigenvalue weighted by atomic mass is 32.2. The first-order valence-electron chi connectivity index (χ1n) is 10.8. The van der Waals surface area contributed by atoms with Crippen LogP contribution in [0.3, 0.4) is 0 Å². The van der Waals surface area contributed by atoms with E-state index in [1.807, 2.05) is 64.1 Å². The molecule has 0 unspecified atom stereocenters. The molecular weight excluding hydrogens is 424 g/mol. The fourth-order valence-corrected chi connectivity index (χ4v) is 4.68. The Kier molecular flexibility index (Phi) is 7.32. The molecule has 1 fully saturated rings. The molecule has 2 heterocycles. The predicted octanol–water partition coefficient (Wildman–Crippen LogP) is 4.35. The van der Waals surface area contributed by atoms with E-state index >= 15 is 0 Å². The van der Waals surface area contributed by atoms with E-state index in [2.05, 4.69) is 17.1 Å². The molecule has 7 nitrogen and oxygen atoms in total. The highest BCUT2D eigenvalue weighted by Crippen LogP contribution is 2.25. The summed E-state index contributed by atoms with van der Waals surface area (Å²) in [6.07, 6.45) is 3.34. The fourth-order valence-electron chi connectivity index (χ4n) is 3.82. The van der Waals surface area contributed by atoms with E-state index in [4.69, 9.17) is 9.47 Å². The summed E-state index contributed by atoms with van der Waals surface area (Å²) in [6, 6.07) is 17.6. The summed E-state index contributed by atoms with van der Waals surface area (Å²) in [5, 5.41) is 9.42. The van der Waals surface area contributed by atoms with Crippen molar-refractivity contribution < 1.29 is 14.3 Å². The lowest BCUT2D eigenvalue weighted by molar-refractivity contribution is -0.131. The van der Waals surface area contributed by atoms with Gasteiger partial charge in [0.2, 0.25) is 5.91 Å². The van der Waals surface area contributed by atoms with E-state index in [9.17, 15) is 4.79 Å². The molecule has 0 aliphatic carbocycles. The van der Waals surface area contributed by atoms with Crippen LogP contribution in [0.25, 0.3) is 5.69 Å². The highest BCUT2D eigenvalue weighted by molar-refractivity contribution is 7.99. The first-order valence-corrected chi connectivity index (χ1v) is 11.8. The molecule has 0 bridgehead atoms. The number of aromatic nitrogens is 3. The Bertz CT molecular complexity index is 1020. The zero-order valence-electron chi connectivity index (χ0n) is 18.4. The topological polar surface area (TPSA) is 69.5 Å². The van der Waals surface area contributed by atoms with E-state index in [0.29, 0.717) is 22.8 Å². The Balaban J connectivity index is 1.49. The van der Waals surface area contributed by atoms with Gasteiger partial charge < -0.3 is 14.4 Å². The van der Waals surface area contributed by atoms with Gasteiger partial charge in [-0.05, 0) is 62.6 Å². The normalized spacial score (nSPS) is 16.1. The van der Waals surface area contributed by atoms with Crippen molar-refractivity contribution in [2.45, 2.75) is 44.0 Å². The maximum atomic E-state index is 12.8. The standard InChI is InChI=1S/C24H28N4O3S/c1-18-8-6-7-15-27(18)23(29)17-32-24-26-25-22(28(24)19-9-4-3-5-10-19)16-31-21-13-11-20(30-2)12-14-21/h3-5,9-14,18H,6-8,15-17H2,1-2H3/t18-/m1/s1. The van der Waals surface area contributed by atoms with Gasteiger partial charge in [0.25, 0.3) is 0 Å². The van der Waals surface area contributed by atoms with Gasteiger partial charge in [-0.1, -0.05) is 30.0 Å². The first-order chi connectivity index (χ1) is 15.7. The average molecular weight is 453 g/mol. The van der Waals surface area contributed by atoms with Gasteiger partial charge in [-0.15, -0.1) is 10.2 Å². The summed E-state index contributed by atoms with van der Waals surface area (Å²) in [4.78, 5) is 14.8. The van der Waals surface area contributed by atoms with Gasteiger partial charge in [0.1, 0.15) is 18.1 Å². The van der Waals surface area contributed by atoms with Crippen molar-refractivity contribution in [3.8, 4) is 17.2 Å². The van der Waals surface area contributed by atoms with Crippen molar-refractivity contribution in [2.75, 3.05) is 19.4 Å². The molecule has 0 saturated carbocycles. The lowest BCUT2D eigenvalue weighted by Gasteiger charge is -2.33. The van der Waals surface area contributed by atoms with Gasteiger partial charge in [0, 0.05) is 18.3 Å². The maximum Gasteiger partial charge on any atom is 0.233 e. The number of para-hydroxylation sites is 1. The Labute approximate surface area is 192 Å². The van der Waals surface area contributed by atoms with Crippen LogP contribution in [0.15, 0.2) is 59.8 Å². The third-order valence-electron chi connectivity index (χ3n) is 5.59. The molecule has 1 aliphatic heterocycles. The van der Waals surface area contributed by atoms with Gasteiger partial charge in [-0.2, -0.15) is 0 Å². The third kappa shape index (κ3) is 5.24. The molecule has 1 aliphatic rings. The van der Waals surface area contributed by atoms with Crippen molar-refractivity contribution in [1.82, 2.24) is 19.7 Å². The van der Waals surface area contributed by atoms with Crippen LogP contribution in [0.5, 0.6) is 11.5 Å². The third-order valence-corrected chi connectivity index (χ3v) is 6.50. The molecule has 168 valence electrons. The smallest absolute Gasteiger partial charge is 0.233 e. The summed E-state index contributed by atoms with van der Waals surface area (Å²) in [5.41, 5.74) is 0.937. The zero-order chi connectivity index (χ0) is 22.3. The van der Waals surface area contributed by atoms with Crippen molar-refractivity contribution in [3.63, 3.8) is 0 Å². The molecule has 3 aromatic rings. The monoisotopic (exact) mass is 452 g/mol. The van der Waals surface area contributed by atoms with Crippen LogP contribution >= 0.6 is 11.8 Å². The largest absolute Gasteiger partial charge is 0.497 e. The second-order valence-electron chi connectivity index (χ2n) is 7.75. The first kappa shape index (κ1) is 22.2. The molecule has 0 spiro atoms. The van der Waals surface area contributed by atoms with Crippen molar-refractivity contribution in [1.29, 1.82) is 0 Å². The van der Waals surface area contributed by atoms with E-state index in [-0.39, 0.29) is 12.5 Å². The molecule has 32 heavy (non-hydrogen) atoms. The van der Waals surface area contributed by atoms with Gasteiger partial charge in [-0.25, -0.2) is 0 Å². The number of rotatable bonds is 8. The number of piperidine rings is 1. The SMILES string of the molecule is COc1ccc(OCc2nnc(SCC(=O)N3CCCC[C@H]3C)n2-c2ccccc2)cc1. The van der Waals surface area contributed by atoms with Crippen LogP contribution in [0.4, 0.5) is 0 Å². The number of nitrogens with zero attached hydrogens (tertiary/aromatic N) is 4. The summed E-state index contributed by atoms with van der Waals surface area (Å²) < 4.78 is 13.1. The second kappa shape index (κ2) is 10.5. The van der Waals surface area contributed by atoms with Crippen molar-refractivity contribution >= 4 is 17.7 Å². The van der Waals surface area contributed by atoms with E-state index < -0.39 is 0 Å². The molecular formula is C24H28N4O3S. The summed E-state index contributed by atoms with van der Waals surface area (Å²) in [6.45, 7) is 3.22. The summed E-state index contributed by atoms with van der Waals surface area (Å²) >= 11 is 1.42. The van der Waals surface area contributed by atoms with Gasteiger partial charge in [0.05, 0.1) is 12.9 Å². The molecule has 4 rings (SSSR count). The van der Waals surface area contributed by atoms with Crippen molar-refractivity contribution in [3.05, 3.63) is 60.4 Å². The Morgan fingerprint density at radius 2 is 1.81 bits per heavy atom. The number of carbonyl (C=O) groups is 1. The lowest BCUT2D eigenvalue weighted by Crippen LogP contribution is -2.42. The van der Waals surface area contributed by atoms with Crippen LogP contribution in [0.2, 0.25) is 0 Å². The van der Waals surface area contributed by atoms with E-state index in [1.165, 1.54) is 18.2 Å². The quantitative estimate of drug-likeness (QED) is 0.474. The van der Waals surface area contributed by atoms with Crippen LogP contribution in [0, 0.1) is 0 Å². The molecule has 1 atom stereocenters. The molecule has 2 aromatic carbocycles. The average Bonchev–Trinajstić information content (AvgIpc) is 3.25. The zero-order valence-corrected chi connectivity index (χ0v) is 19.3. The minimum atomic E-state index is 0.154. The number of ether oxygens (including phenoxy) is 2. The van der Waals surface area contributed by atoms with Crippen LogP contribution < -0.4 is 9.47 Å². The second-order valence-corrected chi connectivity index (χ2v) is 8.70. The number of thioether (sulfide) groups is 1. The van der Waals surface area contributed by atoms with E-state index in [1.54, 1.807) is 7.11 Å². The maximum absolute atomic E-state index is 12.8. The number of carbonyl (C=O) groups excluding carboxylic acids is 1. The van der Waals surface area contributed by atoms with Crippen LogP contribution in [0.1, 0.15) is 32.0 Å². The molecule has 1 saturated heterocycles. The van der Waals surface area contributed by atoms with Gasteiger partial charge in [0.15, 0.2) is 11.0 Å². The Morgan fingerprint density at radius 3 is 2.53 bits per heavy atom. The number of methoxy groups -OCH3 is 1. The fraction of sp³-hybridized carbons (Fsp3) is 0.375. The minimum absolute atomic E-state index is 0.154. The summed E-state index contributed by atoms with van der Waals surface area (Å²) in [7, 11) is 1.63. The molecule has 0 N–H and O–H groups in total. The number of benzene rings is 2. The highest BCUT2D eigenvalue weighted by Gasteiger charge is 2.24. The number of hydrogen-bond acceptors (Lipinski definition) is 6. The van der Waals surface area contributed by atoms with E-state index in [0.717, 1.165) is 36.6 Å². The number of likely N-dealkylation sites (tertiary alicyclic amines) is 1. The number of hydrogen-bond donors (Lipinski definition) is 0. The van der Waals surface area contributed by atoms with Gasteiger partial charge in [-0.3, -0.25) is 9.36 Å². The molecule has 0 radical (unpaired) electrons. The van der Waals surface area contributed by atoms with Crippen LogP contribution in [-0.2, 0) is 11.4 Å². The van der Waals surface area contributed by atoms with Crippen molar-refractivity contribution in [2.24, 2.45) is 0 Å². The Hall–Kier alpha value is -3.00. The summed E-state index contributed by atoms with van der Waals surface area (Å²) in [5.74, 6) is 2.66.